The highest BCUT2D eigenvalue weighted by atomic mass is 32.1. The molecule has 5 aromatic rings. The van der Waals surface area contributed by atoms with E-state index in [4.69, 9.17) is 21.7 Å². The molecule has 1 unspecified atom stereocenters. The zero-order chi connectivity index (χ0) is 52.1. The Morgan fingerprint density at radius 1 is 0.972 bits per heavy atom. The highest BCUT2D eigenvalue weighted by Crippen LogP contribution is 2.42. The summed E-state index contributed by atoms with van der Waals surface area (Å²) in [6.07, 6.45) is -1.32. The second-order valence-corrected chi connectivity index (χ2v) is 20.2. The van der Waals surface area contributed by atoms with E-state index in [-0.39, 0.29) is 30.1 Å². The molecule has 0 radical (unpaired) electrons. The minimum Gasteiger partial charge on any atom is -0.494 e. The van der Waals surface area contributed by atoms with Crippen molar-refractivity contribution in [3.8, 4) is 33.5 Å². The molecular weight excluding hydrogens is 973 g/mol. The maximum Gasteiger partial charge on any atom is 0.420 e. The summed E-state index contributed by atoms with van der Waals surface area (Å²) in [6, 6.07) is 20.0. The van der Waals surface area contributed by atoms with Crippen LogP contribution in [0.25, 0.3) is 21.7 Å². The molecule has 0 aliphatic carbocycles. The van der Waals surface area contributed by atoms with E-state index in [1.54, 1.807) is 40.5 Å². The molecule has 2 saturated heterocycles. The predicted molar refractivity (Wildman–Crippen MR) is 268 cm³/mol. The van der Waals surface area contributed by atoms with E-state index in [9.17, 15) is 37.6 Å². The Kier molecular flexibility index (Phi) is 16.1. The number of rotatable bonds is 17. The number of thiazole rings is 1. The van der Waals surface area contributed by atoms with Gasteiger partial charge in [-0.15, -0.1) is 11.3 Å². The number of aryl methyl sites for hydroxylation is 1. The summed E-state index contributed by atoms with van der Waals surface area (Å²) in [5.74, 6) is -2.93. The first-order chi connectivity index (χ1) is 34.1. The second-order valence-electron chi connectivity index (χ2n) is 19.0. The molecular formula is C52H54F4N8O6S2. The lowest BCUT2D eigenvalue weighted by Gasteiger charge is -2.35. The molecule has 2 fully saturated rings. The number of alkyl halides is 3. The van der Waals surface area contributed by atoms with Crippen LogP contribution in [-0.4, -0.2) is 87.6 Å². The highest BCUT2D eigenvalue weighted by molar-refractivity contribution is 7.81. The van der Waals surface area contributed by atoms with Gasteiger partial charge in [0.1, 0.15) is 35.5 Å². The molecule has 2 aromatic heterocycles. The molecule has 378 valence electrons. The van der Waals surface area contributed by atoms with E-state index in [0.29, 0.717) is 67.4 Å². The van der Waals surface area contributed by atoms with Gasteiger partial charge in [0.15, 0.2) is 10.9 Å². The van der Waals surface area contributed by atoms with Crippen molar-refractivity contribution < 1.29 is 46.2 Å². The molecule has 72 heavy (non-hydrogen) atoms. The number of anilines is 2. The lowest BCUT2D eigenvalue weighted by molar-refractivity contribution is -0.144. The standard InChI is InChI=1S/C52H54F4N8O6S2/c1-31-44(72-30-60-31)34-13-11-32(12-14-34)27-59-46(66)40-10-9-23-62(40)47(67)45(50(2,3)4)61-41(65)29-69-24-7-8-25-70-37-19-15-33(16-20-37)38-21-18-36(28-58-38)64-49(71)63(48(68)51(64,5)6)39-22-17-35(26-57)42(43(39)53)52(54,55)56/h11-22,28,30,40,45H,7-10,23-25,27,29H2,1-6H3,(H,59,66)(H,61,65)/t40-,45?/m0/s1. The quantitative estimate of drug-likeness (QED) is 0.0518. The number of amides is 4. The summed E-state index contributed by atoms with van der Waals surface area (Å²) in [5.41, 5.74) is 0.917. The average molecular weight is 1030 g/mol. The Morgan fingerprint density at radius 3 is 2.29 bits per heavy atom. The number of ether oxygens (including phenoxy) is 2. The summed E-state index contributed by atoms with van der Waals surface area (Å²) < 4.78 is 68.3. The normalized spacial score (nSPS) is 16.2. The van der Waals surface area contributed by atoms with Crippen LogP contribution in [0.2, 0.25) is 0 Å². The first-order valence-electron chi connectivity index (χ1n) is 23.2. The van der Waals surface area contributed by atoms with Crippen molar-refractivity contribution >= 4 is 63.7 Å². The monoisotopic (exact) mass is 1030 g/mol. The number of aromatic nitrogens is 2. The van der Waals surface area contributed by atoms with Gasteiger partial charge in [0.2, 0.25) is 17.7 Å². The van der Waals surface area contributed by atoms with Gasteiger partial charge in [-0.25, -0.2) is 9.37 Å². The van der Waals surface area contributed by atoms with Gasteiger partial charge < -0.3 is 29.9 Å². The van der Waals surface area contributed by atoms with Gasteiger partial charge in [-0.3, -0.25) is 29.1 Å². The third-order valence-electron chi connectivity index (χ3n) is 12.5. The van der Waals surface area contributed by atoms with Gasteiger partial charge in [0, 0.05) is 25.3 Å². The Labute approximate surface area is 424 Å². The third kappa shape index (κ3) is 11.6. The van der Waals surface area contributed by atoms with Crippen LogP contribution in [-0.2, 0) is 36.6 Å². The molecule has 0 saturated carbocycles. The van der Waals surface area contributed by atoms with E-state index in [2.05, 4.69) is 20.6 Å². The number of halogens is 4. The highest BCUT2D eigenvalue weighted by Gasteiger charge is 2.52. The molecule has 2 aliphatic heterocycles. The Bertz CT molecular complexity index is 2860. The summed E-state index contributed by atoms with van der Waals surface area (Å²) in [6.45, 7) is 11.7. The average Bonchev–Trinajstić information content (AvgIpc) is 4.05. The number of benzene rings is 3. The number of carbonyl (C=O) groups excluding carboxylic acids is 4. The van der Waals surface area contributed by atoms with Gasteiger partial charge >= 0.3 is 6.18 Å². The minimum absolute atomic E-state index is 0.236. The maximum absolute atomic E-state index is 15.4. The number of hydrogen-bond acceptors (Lipinski definition) is 11. The predicted octanol–water partition coefficient (Wildman–Crippen LogP) is 9.14. The SMILES string of the molecule is Cc1ncsc1-c1ccc(CNC(=O)[C@@H]2CCCN2C(=O)C(NC(=O)COCCCCOc2ccc(-c3ccc(N4C(=S)N(c5ccc(C#N)c(C(F)(F)F)c5F)C(=O)C4(C)C)cn3)cc2)C(C)(C)C)cc1. The molecule has 3 aromatic carbocycles. The van der Waals surface area contributed by atoms with E-state index >= 15 is 4.39 Å². The van der Waals surface area contributed by atoms with Gasteiger partial charge in [-0.1, -0.05) is 45.0 Å². The Hall–Kier alpha value is -6.82. The fourth-order valence-corrected chi connectivity index (χ4v) is 9.93. The minimum atomic E-state index is -5.19. The summed E-state index contributed by atoms with van der Waals surface area (Å²) >= 11 is 7.12. The van der Waals surface area contributed by atoms with E-state index in [1.165, 1.54) is 31.0 Å². The summed E-state index contributed by atoms with van der Waals surface area (Å²) in [5, 5.41) is 14.8. The number of likely N-dealkylation sites (tertiary alicyclic amines) is 1. The number of nitriles is 1. The van der Waals surface area contributed by atoms with Crippen molar-refractivity contribution in [2.24, 2.45) is 5.41 Å². The van der Waals surface area contributed by atoms with Crippen molar-refractivity contribution in [3.05, 3.63) is 113 Å². The smallest absolute Gasteiger partial charge is 0.420 e. The molecule has 4 heterocycles. The van der Waals surface area contributed by atoms with Crippen molar-refractivity contribution in [2.45, 2.75) is 97.6 Å². The van der Waals surface area contributed by atoms with Gasteiger partial charge in [0.05, 0.1) is 57.6 Å². The van der Waals surface area contributed by atoms with Crippen LogP contribution in [0.1, 0.15) is 82.7 Å². The van der Waals surface area contributed by atoms with Gasteiger partial charge in [-0.05, 0) is 124 Å². The van der Waals surface area contributed by atoms with Crippen LogP contribution >= 0.6 is 23.6 Å². The fourth-order valence-electron chi connectivity index (χ4n) is 8.60. The molecule has 4 amide bonds. The molecule has 20 heteroatoms. The van der Waals surface area contributed by atoms with Crippen LogP contribution < -0.4 is 25.2 Å². The number of hydrogen-bond donors (Lipinski definition) is 2. The van der Waals surface area contributed by atoms with Gasteiger partial charge in [-0.2, -0.15) is 18.4 Å². The number of thiocarbonyl (C=S) groups is 1. The van der Waals surface area contributed by atoms with E-state index in [0.717, 1.165) is 39.4 Å². The number of nitrogens with one attached hydrogen (secondary N) is 2. The van der Waals surface area contributed by atoms with Crippen molar-refractivity contribution in [1.29, 1.82) is 5.26 Å². The van der Waals surface area contributed by atoms with Crippen LogP contribution in [0, 0.1) is 29.5 Å². The molecule has 14 nitrogen and oxygen atoms in total. The fraction of sp³-hybridized carbons (Fsp3) is 0.385. The first-order valence-corrected chi connectivity index (χ1v) is 24.5. The third-order valence-corrected chi connectivity index (χ3v) is 13.8. The number of unbranched alkanes of at least 4 members (excludes halogenated alkanes) is 1. The van der Waals surface area contributed by atoms with Gasteiger partial charge in [0.25, 0.3) is 5.91 Å². The molecule has 2 aliphatic rings. The van der Waals surface area contributed by atoms with E-state index in [1.807, 2.05) is 69.6 Å². The lowest BCUT2D eigenvalue weighted by atomic mass is 9.85. The molecule has 0 bridgehead atoms. The molecule has 2 N–H and O–H groups in total. The molecule has 2 atom stereocenters. The van der Waals surface area contributed by atoms with Crippen LogP contribution in [0.4, 0.5) is 28.9 Å². The Balaban J connectivity index is 0.840. The second kappa shape index (κ2) is 21.9. The van der Waals surface area contributed by atoms with Crippen LogP contribution in [0.15, 0.2) is 84.5 Å². The summed E-state index contributed by atoms with van der Waals surface area (Å²) in [7, 11) is 0. The van der Waals surface area contributed by atoms with Crippen LogP contribution in [0.3, 0.4) is 0 Å². The zero-order valence-corrected chi connectivity index (χ0v) is 42.2. The number of pyridine rings is 1. The Morgan fingerprint density at radius 2 is 1.67 bits per heavy atom. The van der Waals surface area contributed by atoms with Crippen molar-refractivity contribution in [1.82, 2.24) is 25.5 Å². The lowest BCUT2D eigenvalue weighted by Crippen LogP contribution is -2.58. The largest absolute Gasteiger partial charge is 0.494 e. The van der Waals surface area contributed by atoms with E-state index < -0.39 is 63.7 Å². The maximum atomic E-state index is 15.4. The van der Waals surface area contributed by atoms with Crippen molar-refractivity contribution in [2.75, 3.05) is 36.2 Å². The molecule has 7 rings (SSSR count). The summed E-state index contributed by atoms with van der Waals surface area (Å²) in [4.78, 5) is 67.6. The van der Waals surface area contributed by atoms with Crippen LogP contribution in [0.5, 0.6) is 5.75 Å². The molecule has 0 spiro atoms. The number of nitrogens with zero attached hydrogens (tertiary/aromatic N) is 6. The first kappa shape index (κ1) is 53.0. The zero-order valence-electron chi connectivity index (χ0n) is 40.6. The van der Waals surface area contributed by atoms with Crippen molar-refractivity contribution in [3.63, 3.8) is 0 Å². The number of carbonyl (C=O) groups is 4. The topological polar surface area (TPSA) is 170 Å².